The minimum atomic E-state index is -0.0907. The normalized spacial score (nSPS) is 18.4. The molecule has 7 nitrogen and oxygen atoms in total. The molecule has 0 spiro atoms. The second-order valence-corrected chi connectivity index (χ2v) is 8.48. The van der Waals surface area contributed by atoms with Gasteiger partial charge in [0.25, 0.3) is 5.91 Å². The van der Waals surface area contributed by atoms with Crippen molar-refractivity contribution in [3.8, 4) is 0 Å². The molecule has 1 saturated carbocycles. The minimum absolute atomic E-state index is 0.0907. The van der Waals surface area contributed by atoms with Crippen LogP contribution in [0, 0.1) is 5.41 Å². The highest BCUT2D eigenvalue weighted by Gasteiger charge is 2.23. The molecule has 1 aliphatic rings. The van der Waals surface area contributed by atoms with E-state index in [4.69, 9.17) is 21.6 Å². The van der Waals surface area contributed by atoms with Crippen LogP contribution in [0.4, 0.5) is 5.69 Å². The standard InChI is InChI=1S/C25H31N5O2/c1-2-32-24(28)18-7-6-17-13-23(25(31)29-21-10-8-19(26)9-11-21)30(22(17)14-18)15-16-4-3-5-20(27)12-16/h3-7,12-14,19,21,28H,2,8-11,15,26-27H2,1H3,(H,29,31)/t19-,21-. The number of carbonyl (C=O) groups excluding carboxylic acids is 1. The van der Waals surface area contributed by atoms with Crippen molar-refractivity contribution in [3.05, 3.63) is 65.4 Å². The molecular formula is C25H31N5O2. The van der Waals surface area contributed by atoms with E-state index in [2.05, 4.69) is 5.32 Å². The van der Waals surface area contributed by atoms with Gasteiger partial charge in [0, 0.05) is 40.8 Å². The number of nitrogen functional groups attached to an aromatic ring is 1. The first-order chi connectivity index (χ1) is 15.4. The van der Waals surface area contributed by atoms with Gasteiger partial charge < -0.3 is 26.1 Å². The van der Waals surface area contributed by atoms with Gasteiger partial charge in [0.15, 0.2) is 0 Å². The van der Waals surface area contributed by atoms with Gasteiger partial charge in [0.1, 0.15) is 5.69 Å². The van der Waals surface area contributed by atoms with Gasteiger partial charge in [-0.15, -0.1) is 0 Å². The number of anilines is 1. The third kappa shape index (κ3) is 4.78. The molecule has 1 aromatic heterocycles. The summed E-state index contributed by atoms with van der Waals surface area (Å²) in [5.74, 6) is 0.0302. The van der Waals surface area contributed by atoms with Gasteiger partial charge in [-0.05, 0) is 68.5 Å². The van der Waals surface area contributed by atoms with Crippen molar-refractivity contribution in [2.24, 2.45) is 5.73 Å². The highest BCUT2D eigenvalue weighted by molar-refractivity contribution is 6.01. The fourth-order valence-electron chi connectivity index (χ4n) is 4.38. The predicted octanol–water partition coefficient (Wildman–Crippen LogP) is 3.63. The van der Waals surface area contributed by atoms with E-state index in [0.29, 0.717) is 30.1 Å². The van der Waals surface area contributed by atoms with Crippen LogP contribution in [0.25, 0.3) is 10.9 Å². The first-order valence-corrected chi connectivity index (χ1v) is 11.2. The number of hydrogen-bond donors (Lipinski definition) is 4. The lowest BCUT2D eigenvalue weighted by molar-refractivity contribution is 0.0917. The van der Waals surface area contributed by atoms with Crippen LogP contribution in [0.2, 0.25) is 0 Å². The monoisotopic (exact) mass is 433 g/mol. The lowest BCUT2D eigenvalue weighted by Gasteiger charge is -2.27. The predicted molar refractivity (Wildman–Crippen MR) is 128 cm³/mol. The molecule has 3 aromatic rings. The first-order valence-electron chi connectivity index (χ1n) is 11.2. The number of ether oxygens (including phenoxy) is 1. The minimum Gasteiger partial charge on any atom is -0.478 e. The number of nitrogens with one attached hydrogen (secondary N) is 2. The average molecular weight is 434 g/mol. The van der Waals surface area contributed by atoms with Crippen LogP contribution in [0.1, 0.15) is 54.2 Å². The van der Waals surface area contributed by atoms with Crippen LogP contribution in [0.15, 0.2) is 48.5 Å². The van der Waals surface area contributed by atoms with E-state index in [1.807, 2.05) is 60.0 Å². The highest BCUT2D eigenvalue weighted by Crippen LogP contribution is 2.25. The van der Waals surface area contributed by atoms with E-state index in [0.717, 1.165) is 42.1 Å². The second-order valence-electron chi connectivity index (χ2n) is 8.48. The smallest absolute Gasteiger partial charge is 0.268 e. The number of nitrogens with two attached hydrogens (primary N) is 2. The molecule has 0 atom stereocenters. The molecule has 0 bridgehead atoms. The molecule has 1 amide bonds. The number of carbonyl (C=O) groups is 1. The fourth-order valence-corrected chi connectivity index (χ4v) is 4.38. The van der Waals surface area contributed by atoms with Gasteiger partial charge in [0.05, 0.1) is 6.61 Å². The number of hydrogen-bond acceptors (Lipinski definition) is 5. The maximum absolute atomic E-state index is 13.3. The SMILES string of the molecule is CCOC(=N)c1ccc2cc(C(=O)N[C@H]3CC[C@H](N)CC3)n(Cc3cccc(N)c3)c2c1. The van der Waals surface area contributed by atoms with E-state index in [1.165, 1.54) is 0 Å². The Hall–Kier alpha value is -3.32. The zero-order valence-corrected chi connectivity index (χ0v) is 18.4. The fraction of sp³-hybridized carbons (Fsp3) is 0.360. The summed E-state index contributed by atoms with van der Waals surface area (Å²) in [5, 5.41) is 12.3. The maximum Gasteiger partial charge on any atom is 0.268 e. The van der Waals surface area contributed by atoms with Crippen molar-refractivity contribution in [1.82, 2.24) is 9.88 Å². The molecule has 6 N–H and O–H groups in total. The van der Waals surface area contributed by atoms with Crippen LogP contribution in [0.5, 0.6) is 0 Å². The summed E-state index contributed by atoms with van der Waals surface area (Å²) in [6.07, 6.45) is 3.66. The Morgan fingerprint density at radius 3 is 2.66 bits per heavy atom. The Morgan fingerprint density at radius 1 is 1.16 bits per heavy atom. The van der Waals surface area contributed by atoms with Crippen molar-refractivity contribution >= 4 is 28.4 Å². The van der Waals surface area contributed by atoms with E-state index >= 15 is 0 Å². The summed E-state index contributed by atoms with van der Waals surface area (Å²) in [5.41, 5.74) is 15.8. The zero-order chi connectivity index (χ0) is 22.7. The van der Waals surface area contributed by atoms with Gasteiger partial charge in [-0.2, -0.15) is 0 Å². The molecule has 0 radical (unpaired) electrons. The largest absolute Gasteiger partial charge is 0.478 e. The molecule has 1 aliphatic carbocycles. The van der Waals surface area contributed by atoms with Crippen LogP contribution >= 0.6 is 0 Å². The quantitative estimate of drug-likeness (QED) is 0.270. The Morgan fingerprint density at radius 2 is 1.94 bits per heavy atom. The Kier molecular flexibility index (Phi) is 6.46. The zero-order valence-electron chi connectivity index (χ0n) is 18.4. The molecule has 0 unspecified atom stereocenters. The molecule has 7 heteroatoms. The number of benzene rings is 2. The van der Waals surface area contributed by atoms with E-state index in [9.17, 15) is 4.79 Å². The summed E-state index contributed by atoms with van der Waals surface area (Å²) < 4.78 is 7.38. The number of amides is 1. The Labute approximate surface area is 188 Å². The van der Waals surface area contributed by atoms with Gasteiger partial charge in [0.2, 0.25) is 5.90 Å². The van der Waals surface area contributed by atoms with Crippen molar-refractivity contribution in [2.75, 3.05) is 12.3 Å². The second kappa shape index (κ2) is 9.44. The van der Waals surface area contributed by atoms with Crippen molar-refractivity contribution in [1.29, 1.82) is 5.41 Å². The lowest BCUT2D eigenvalue weighted by Crippen LogP contribution is -2.41. The van der Waals surface area contributed by atoms with Gasteiger partial charge >= 0.3 is 0 Å². The van der Waals surface area contributed by atoms with Crippen LogP contribution in [-0.4, -0.2) is 35.1 Å². The summed E-state index contributed by atoms with van der Waals surface area (Å²) in [4.78, 5) is 13.3. The van der Waals surface area contributed by atoms with Gasteiger partial charge in [-0.25, -0.2) is 0 Å². The van der Waals surface area contributed by atoms with Gasteiger partial charge in [-0.3, -0.25) is 10.2 Å². The molecular weight excluding hydrogens is 402 g/mol. The van der Waals surface area contributed by atoms with Crippen molar-refractivity contribution in [2.45, 2.75) is 51.2 Å². The number of nitrogens with zero attached hydrogens (tertiary/aromatic N) is 1. The third-order valence-corrected chi connectivity index (χ3v) is 6.09. The van der Waals surface area contributed by atoms with Crippen LogP contribution in [-0.2, 0) is 11.3 Å². The maximum atomic E-state index is 13.3. The van der Waals surface area contributed by atoms with Crippen LogP contribution < -0.4 is 16.8 Å². The Balaban J connectivity index is 1.71. The number of aromatic nitrogens is 1. The number of fused-ring (bicyclic) bond motifs is 1. The average Bonchev–Trinajstić information content (AvgIpc) is 3.13. The highest BCUT2D eigenvalue weighted by atomic mass is 16.5. The van der Waals surface area contributed by atoms with Crippen molar-refractivity contribution < 1.29 is 9.53 Å². The molecule has 0 aliphatic heterocycles. The molecule has 4 rings (SSSR count). The summed E-state index contributed by atoms with van der Waals surface area (Å²) >= 11 is 0. The molecule has 0 saturated heterocycles. The van der Waals surface area contributed by atoms with E-state index in [-0.39, 0.29) is 23.9 Å². The van der Waals surface area contributed by atoms with Crippen molar-refractivity contribution in [3.63, 3.8) is 0 Å². The Bertz CT molecular complexity index is 1130. The summed E-state index contributed by atoms with van der Waals surface area (Å²) in [6, 6.07) is 15.7. The van der Waals surface area contributed by atoms with E-state index in [1.54, 1.807) is 0 Å². The third-order valence-electron chi connectivity index (χ3n) is 6.09. The molecule has 32 heavy (non-hydrogen) atoms. The molecule has 1 heterocycles. The molecule has 2 aromatic carbocycles. The molecule has 168 valence electrons. The molecule has 1 fully saturated rings. The first kappa shape index (κ1) is 21.9. The number of rotatable bonds is 6. The summed E-state index contributed by atoms with van der Waals surface area (Å²) in [7, 11) is 0. The topological polar surface area (TPSA) is 119 Å². The lowest BCUT2D eigenvalue weighted by atomic mass is 9.92. The summed E-state index contributed by atoms with van der Waals surface area (Å²) in [6.45, 7) is 2.79. The van der Waals surface area contributed by atoms with Crippen LogP contribution in [0.3, 0.4) is 0 Å². The van der Waals surface area contributed by atoms with Gasteiger partial charge in [-0.1, -0.05) is 18.2 Å². The van der Waals surface area contributed by atoms with E-state index < -0.39 is 0 Å².